The topological polar surface area (TPSA) is 155 Å². The van der Waals surface area contributed by atoms with E-state index in [1.807, 2.05) is 0 Å². The Kier molecular flexibility index (Phi) is 4.62. The minimum absolute atomic E-state index is 0.0658. The maximum atomic E-state index is 12.4. The number of hydrogen-bond acceptors (Lipinski definition) is 10. The quantitative estimate of drug-likeness (QED) is 0.441. The van der Waals surface area contributed by atoms with E-state index in [1.54, 1.807) is 13.8 Å². The van der Waals surface area contributed by atoms with Crippen LogP contribution in [0.1, 0.15) is 25.5 Å². The van der Waals surface area contributed by atoms with Crippen molar-refractivity contribution in [1.29, 1.82) is 0 Å². The van der Waals surface area contributed by atoms with Crippen LogP contribution < -0.4 is 10.1 Å². The van der Waals surface area contributed by atoms with Gasteiger partial charge < -0.3 is 19.9 Å². The van der Waals surface area contributed by atoms with Gasteiger partial charge in [-0.2, -0.15) is 4.68 Å². The molecule has 0 spiro atoms. The Balaban J connectivity index is 2.32. The molecule has 1 aliphatic heterocycles. The molecule has 0 unspecified atom stereocenters. The Morgan fingerprint density at radius 1 is 1.48 bits per heavy atom. The number of carbonyl (C=O) groups is 1. The standard InChI is InChI=1S/C15H16N6O6/c1-4-27-13-9(22)6-5-8(12(13)21(24)25)11-10(14(23)26-3)7(2)16-15-17-18-19-20(11)15/h5-6,11,22H,4H2,1-3H3,(H,16,17,19)/t11-/m1/s1. The van der Waals surface area contributed by atoms with Gasteiger partial charge in [0, 0.05) is 5.70 Å². The highest BCUT2D eigenvalue weighted by Gasteiger charge is 2.40. The van der Waals surface area contributed by atoms with Crippen LogP contribution in [0.5, 0.6) is 11.5 Å². The third-order valence-corrected chi connectivity index (χ3v) is 4.03. The average Bonchev–Trinajstić information content (AvgIpc) is 3.09. The molecule has 0 amide bonds. The second kappa shape index (κ2) is 6.90. The molecule has 0 radical (unpaired) electrons. The van der Waals surface area contributed by atoms with Crippen molar-refractivity contribution in [2.75, 3.05) is 19.0 Å². The number of nitro benzene ring substituents is 1. The summed E-state index contributed by atoms with van der Waals surface area (Å²) in [6.45, 7) is 3.33. The van der Waals surface area contributed by atoms with E-state index in [-0.39, 0.29) is 29.4 Å². The molecule has 1 aromatic carbocycles. The number of nitrogens with zero attached hydrogens (tertiary/aromatic N) is 5. The molecule has 3 rings (SSSR count). The molecule has 1 aliphatic rings. The molecule has 0 bridgehead atoms. The minimum Gasteiger partial charge on any atom is -0.504 e. The zero-order valence-electron chi connectivity index (χ0n) is 14.7. The number of phenolic OH excluding ortho intramolecular Hbond substituents is 1. The van der Waals surface area contributed by atoms with Crippen LogP contribution in [-0.2, 0) is 9.53 Å². The molecule has 12 nitrogen and oxygen atoms in total. The molecule has 0 saturated carbocycles. The smallest absolute Gasteiger partial charge is 0.338 e. The number of phenols is 1. The molecular weight excluding hydrogens is 360 g/mol. The predicted molar refractivity (Wildman–Crippen MR) is 90.2 cm³/mol. The van der Waals surface area contributed by atoms with Crippen LogP contribution in [0, 0.1) is 10.1 Å². The number of rotatable bonds is 5. The van der Waals surface area contributed by atoms with Gasteiger partial charge in [-0.25, -0.2) is 4.79 Å². The van der Waals surface area contributed by atoms with E-state index in [0.717, 1.165) is 0 Å². The van der Waals surface area contributed by atoms with Gasteiger partial charge in [-0.15, -0.1) is 0 Å². The van der Waals surface area contributed by atoms with Crippen LogP contribution in [0.25, 0.3) is 0 Å². The number of fused-ring (bicyclic) bond motifs is 1. The van der Waals surface area contributed by atoms with Crippen molar-refractivity contribution in [2.45, 2.75) is 19.9 Å². The number of aromatic nitrogens is 4. The fourth-order valence-electron chi connectivity index (χ4n) is 2.95. The van der Waals surface area contributed by atoms with Gasteiger partial charge in [-0.3, -0.25) is 10.1 Å². The second-order valence-electron chi connectivity index (χ2n) is 5.55. The third-order valence-electron chi connectivity index (χ3n) is 4.03. The first-order valence-electron chi connectivity index (χ1n) is 7.87. The zero-order chi connectivity index (χ0) is 19.7. The number of carbonyl (C=O) groups excluding carboxylic acids is 1. The summed E-state index contributed by atoms with van der Waals surface area (Å²) in [5.41, 5.74) is 0.0541. The Labute approximate surface area is 152 Å². The van der Waals surface area contributed by atoms with Crippen molar-refractivity contribution in [2.24, 2.45) is 0 Å². The van der Waals surface area contributed by atoms with Gasteiger partial charge in [0.2, 0.25) is 11.7 Å². The van der Waals surface area contributed by atoms with Crippen LogP contribution in [0.3, 0.4) is 0 Å². The number of esters is 1. The number of tetrazole rings is 1. The van der Waals surface area contributed by atoms with Crippen molar-refractivity contribution in [1.82, 2.24) is 20.2 Å². The number of methoxy groups -OCH3 is 1. The summed E-state index contributed by atoms with van der Waals surface area (Å²) in [4.78, 5) is 23.5. The number of nitro groups is 1. The van der Waals surface area contributed by atoms with Gasteiger partial charge in [0.15, 0.2) is 5.75 Å². The highest BCUT2D eigenvalue weighted by Crippen LogP contribution is 2.46. The lowest BCUT2D eigenvalue weighted by Crippen LogP contribution is -2.29. The van der Waals surface area contributed by atoms with Crippen molar-refractivity contribution < 1.29 is 24.3 Å². The fraction of sp³-hybridized carbons (Fsp3) is 0.333. The monoisotopic (exact) mass is 376 g/mol. The Morgan fingerprint density at radius 2 is 2.22 bits per heavy atom. The molecule has 0 fully saturated rings. The molecule has 1 aromatic heterocycles. The highest BCUT2D eigenvalue weighted by atomic mass is 16.6. The highest BCUT2D eigenvalue weighted by molar-refractivity contribution is 5.92. The maximum Gasteiger partial charge on any atom is 0.338 e. The molecular formula is C15H16N6O6. The van der Waals surface area contributed by atoms with E-state index in [0.29, 0.717) is 5.70 Å². The number of benzene rings is 1. The molecule has 1 atom stereocenters. The van der Waals surface area contributed by atoms with Gasteiger partial charge in [-0.1, -0.05) is 5.10 Å². The molecule has 27 heavy (non-hydrogen) atoms. The summed E-state index contributed by atoms with van der Waals surface area (Å²) in [5.74, 6) is -1.19. The summed E-state index contributed by atoms with van der Waals surface area (Å²) in [6.07, 6.45) is 0. The lowest BCUT2D eigenvalue weighted by atomic mass is 9.94. The first kappa shape index (κ1) is 18.1. The first-order chi connectivity index (χ1) is 12.9. The van der Waals surface area contributed by atoms with E-state index in [1.165, 1.54) is 23.9 Å². The van der Waals surface area contributed by atoms with E-state index in [9.17, 15) is 20.0 Å². The Morgan fingerprint density at radius 3 is 2.85 bits per heavy atom. The van der Waals surface area contributed by atoms with Gasteiger partial charge in [0.1, 0.15) is 6.04 Å². The number of ether oxygens (including phenoxy) is 2. The summed E-state index contributed by atoms with van der Waals surface area (Å²) in [6, 6.07) is 1.53. The van der Waals surface area contributed by atoms with Crippen molar-refractivity contribution >= 4 is 17.6 Å². The largest absolute Gasteiger partial charge is 0.504 e. The summed E-state index contributed by atoms with van der Waals surface area (Å²) in [5, 5.41) is 35.9. The number of aromatic hydroxyl groups is 1. The number of allylic oxidation sites excluding steroid dienone is 1. The number of anilines is 1. The predicted octanol–water partition coefficient (Wildman–Crippen LogP) is 1.15. The summed E-state index contributed by atoms with van der Waals surface area (Å²) in [7, 11) is 1.20. The molecule has 0 aliphatic carbocycles. The fourth-order valence-corrected chi connectivity index (χ4v) is 2.95. The van der Waals surface area contributed by atoms with Gasteiger partial charge in [0.05, 0.1) is 29.8 Å². The third kappa shape index (κ3) is 2.90. The lowest BCUT2D eigenvalue weighted by molar-refractivity contribution is -0.386. The van der Waals surface area contributed by atoms with Crippen molar-refractivity contribution in [3.05, 3.63) is 39.1 Å². The lowest BCUT2D eigenvalue weighted by Gasteiger charge is -2.27. The first-order valence-corrected chi connectivity index (χ1v) is 7.87. The average molecular weight is 376 g/mol. The van der Waals surface area contributed by atoms with Crippen LogP contribution in [-0.4, -0.2) is 49.9 Å². The van der Waals surface area contributed by atoms with Crippen LogP contribution in [0.2, 0.25) is 0 Å². The van der Waals surface area contributed by atoms with Crippen LogP contribution >= 0.6 is 0 Å². The van der Waals surface area contributed by atoms with Crippen LogP contribution in [0.15, 0.2) is 23.4 Å². The van der Waals surface area contributed by atoms with Crippen LogP contribution in [0.4, 0.5) is 11.6 Å². The van der Waals surface area contributed by atoms with Gasteiger partial charge >= 0.3 is 11.7 Å². The number of nitrogens with one attached hydrogen (secondary N) is 1. The maximum absolute atomic E-state index is 12.4. The molecule has 12 heteroatoms. The van der Waals surface area contributed by atoms with Crippen molar-refractivity contribution in [3.8, 4) is 11.5 Å². The molecule has 142 valence electrons. The molecule has 2 aromatic rings. The Bertz CT molecular complexity index is 952. The Hall–Kier alpha value is -3.70. The second-order valence-corrected chi connectivity index (χ2v) is 5.55. The van der Waals surface area contributed by atoms with Gasteiger partial charge in [-0.05, 0) is 36.4 Å². The van der Waals surface area contributed by atoms with E-state index < -0.39 is 28.4 Å². The normalized spacial score (nSPS) is 15.7. The molecule has 2 heterocycles. The molecule has 0 saturated heterocycles. The SMILES string of the molecule is CCOc1c(O)ccc([C@@H]2C(C(=O)OC)=C(C)Nc3nnnn32)c1[N+](=O)[O-]. The van der Waals surface area contributed by atoms with E-state index >= 15 is 0 Å². The van der Waals surface area contributed by atoms with Gasteiger partial charge in [0.25, 0.3) is 0 Å². The van der Waals surface area contributed by atoms with E-state index in [2.05, 4.69) is 20.8 Å². The zero-order valence-corrected chi connectivity index (χ0v) is 14.7. The summed E-state index contributed by atoms with van der Waals surface area (Å²) >= 11 is 0. The van der Waals surface area contributed by atoms with E-state index in [4.69, 9.17) is 9.47 Å². The minimum atomic E-state index is -1.05. The summed E-state index contributed by atoms with van der Waals surface area (Å²) < 4.78 is 11.3. The van der Waals surface area contributed by atoms with Crippen molar-refractivity contribution in [3.63, 3.8) is 0 Å². The molecule has 2 N–H and O–H groups in total. The number of hydrogen-bond donors (Lipinski definition) is 2.